The zero-order valence-corrected chi connectivity index (χ0v) is 17.1. The summed E-state index contributed by atoms with van der Waals surface area (Å²) >= 11 is 3.45. The molecule has 4 heteroatoms. The van der Waals surface area contributed by atoms with Gasteiger partial charge in [0.15, 0.2) is 0 Å². The molecule has 0 amide bonds. The van der Waals surface area contributed by atoms with E-state index >= 15 is 0 Å². The highest BCUT2D eigenvalue weighted by molar-refractivity contribution is 9.10. The summed E-state index contributed by atoms with van der Waals surface area (Å²) in [4.78, 5) is 12.7. The zero-order valence-electron chi connectivity index (χ0n) is 15.5. The molecule has 1 heterocycles. The van der Waals surface area contributed by atoms with Gasteiger partial charge in [-0.2, -0.15) is 5.10 Å². The smallest absolute Gasteiger partial charge is 0.204 e. The summed E-state index contributed by atoms with van der Waals surface area (Å²) in [7, 11) is 0. The van der Waals surface area contributed by atoms with E-state index in [1.165, 1.54) is 5.56 Å². The van der Waals surface area contributed by atoms with E-state index in [0.717, 1.165) is 33.2 Å². The highest BCUT2D eigenvalue weighted by atomic mass is 79.9. The van der Waals surface area contributed by atoms with Crippen molar-refractivity contribution >= 4 is 39.0 Å². The summed E-state index contributed by atoms with van der Waals surface area (Å²) in [5.74, 6) is 0. The Kier molecular flexibility index (Phi) is 5.22. The number of rotatable bonds is 4. The standard InChI is InChI=1S/C24H19BrN2O/c1-2-17-7-9-18(10-8-17)11-16-22-21-5-3-4-6-23(28)24(21)27(26-22)20-14-12-19(25)13-15-20/h3-16H,2H2,1H3/b16-11+. The normalized spacial score (nSPS) is 11.4. The molecule has 0 N–H and O–H groups in total. The van der Waals surface area contributed by atoms with Crippen molar-refractivity contribution in [3.63, 3.8) is 0 Å². The summed E-state index contributed by atoms with van der Waals surface area (Å²) in [6.45, 7) is 2.15. The van der Waals surface area contributed by atoms with Gasteiger partial charge in [0.25, 0.3) is 0 Å². The Morgan fingerprint density at radius 2 is 1.64 bits per heavy atom. The number of benzene rings is 2. The molecule has 0 atom stereocenters. The molecule has 0 saturated carbocycles. The molecule has 138 valence electrons. The van der Waals surface area contributed by atoms with Crippen molar-refractivity contribution in [1.82, 2.24) is 9.78 Å². The van der Waals surface area contributed by atoms with Gasteiger partial charge in [-0.05, 0) is 54.0 Å². The summed E-state index contributed by atoms with van der Waals surface area (Å²) in [6.07, 6.45) is 5.03. The van der Waals surface area contributed by atoms with Crippen LogP contribution < -0.4 is 5.43 Å². The minimum Gasteiger partial charge on any atom is -0.288 e. The van der Waals surface area contributed by atoms with Crippen molar-refractivity contribution in [3.05, 3.63) is 104 Å². The van der Waals surface area contributed by atoms with E-state index in [9.17, 15) is 4.79 Å². The van der Waals surface area contributed by atoms with E-state index in [1.54, 1.807) is 16.8 Å². The molecule has 0 radical (unpaired) electrons. The molecule has 28 heavy (non-hydrogen) atoms. The predicted molar refractivity (Wildman–Crippen MR) is 120 cm³/mol. The van der Waals surface area contributed by atoms with Crippen LogP contribution in [0.25, 0.3) is 28.7 Å². The third-order valence-corrected chi connectivity index (χ3v) is 5.23. The van der Waals surface area contributed by atoms with Crippen molar-refractivity contribution in [2.24, 2.45) is 0 Å². The second-order valence-corrected chi connectivity index (χ2v) is 7.46. The second kappa shape index (κ2) is 7.95. The molecular weight excluding hydrogens is 412 g/mol. The van der Waals surface area contributed by atoms with Crippen LogP contribution in [-0.2, 0) is 6.42 Å². The minimum absolute atomic E-state index is 0.0534. The SMILES string of the molecule is CCc1ccc(/C=C/c2nn(-c3ccc(Br)cc3)c3c(=O)ccccc23)cc1. The van der Waals surface area contributed by atoms with Gasteiger partial charge < -0.3 is 0 Å². The summed E-state index contributed by atoms with van der Waals surface area (Å²) in [5.41, 5.74) is 4.56. The lowest BCUT2D eigenvalue weighted by Gasteiger charge is -2.02. The van der Waals surface area contributed by atoms with E-state index < -0.39 is 0 Å². The molecule has 3 aromatic carbocycles. The number of hydrogen-bond donors (Lipinski definition) is 0. The lowest BCUT2D eigenvalue weighted by Crippen LogP contribution is -2.04. The van der Waals surface area contributed by atoms with Gasteiger partial charge in [-0.25, -0.2) is 4.68 Å². The highest BCUT2D eigenvalue weighted by Gasteiger charge is 2.12. The maximum atomic E-state index is 12.7. The fraction of sp³-hybridized carbons (Fsp3) is 0.0833. The Morgan fingerprint density at radius 3 is 2.36 bits per heavy atom. The molecule has 0 aliphatic rings. The molecule has 4 aromatic rings. The van der Waals surface area contributed by atoms with Crippen LogP contribution in [0.2, 0.25) is 0 Å². The topological polar surface area (TPSA) is 34.9 Å². The molecule has 0 aliphatic heterocycles. The fourth-order valence-corrected chi connectivity index (χ4v) is 3.42. The molecule has 0 spiro atoms. The van der Waals surface area contributed by atoms with Gasteiger partial charge in [0.1, 0.15) is 5.52 Å². The first-order valence-electron chi connectivity index (χ1n) is 9.21. The van der Waals surface area contributed by atoms with E-state index in [2.05, 4.69) is 47.1 Å². The van der Waals surface area contributed by atoms with Gasteiger partial charge >= 0.3 is 0 Å². The zero-order chi connectivity index (χ0) is 19.5. The average Bonchev–Trinajstić information content (AvgIpc) is 2.97. The molecule has 1 aromatic heterocycles. The Balaban J connectivity index is 1.85. The van der Waals surface area contributed by atoms with E-state index in [1.807, 2.05) is 48.6 Å². The van der Waals surface area contributed by atoms with Crippen LogP contribution in [0.4, 0.5) is 0 Å². The molecule has 0 aliphatic carbocycles. The maximum Gasteiger partial charge on any atom is 0.204 e. The van der Waals surface area contributed by atoms with Gasteiger partial charge in [-0.1, -0.05) is 71.4 Å². The molecule has 0 saturated heterocycles. The lowest BCUT2D eigenvalue weighted by atomic mass is 10.1. The lowest BCUT2D eigenvalue weighted by molar-refractivity contribution is 0.902. The Bertz CT molecular complexity index is 1210. The van der Waals surface area contributed by atoms with Gasteiger partial charge in [-0.15, -0.1) is 0 Å². The largest absolute Gasteiger partial charge is 0.288 e. The van der Waals surface area contributed by atoms with Crippen molar-refractivity contribution in [1.29, 1.82) is 0 Å². The molecule has 0 bridgehead atoms. The highest BCUT2D eigenvalue weighted by Crippen LogP contribution is 2.22. The molecule has 0 unspecified atom stereocenters. The van der Waals surface area contributed by atoms with Gasteiger partial charge in [0, 0.05) is 9.86 Å². The van der Waals surface area contributed by atoms with E-state index in [-0.39, 0.29) is 5.43 Å². The maximum absolute atomic E-state index is 12.7. The van der Waals surface area contributed by atoms with Crippen LogP contribution in [0, 0.1) is 0 Å². The van der Waals surface area contributed by atoms with Crippen LogP contribution in [0.3, 0.4) is 0 Å². The van der Waals surface area contributed by atoms with Crippen molar-refractivity contribution in [3.8, 4) is 5.69 Å². The van der Waals surface area contributed by atoms with Crippen molar-refractivity contribution < 1.29 is 0 Å². The first kappa shape index (κ1) is 18.4. The number of aryl methyl sites for hydroxylation is 1. The first-order valence-corrected chi connectivity index (χ1v) is 10.00. The molecule has 3 nitrogen and oxygen atoms in total. The van der Waals surface area contributed by atoms with Gasteiger partial charge in [0.05, 0.1) is 11.4 Å². The van der Waals surface area contributed by atoms with E-state index in [0.29, 0.717) is 5.52 Å². The summed E-state index contributed by atoms with van der Waals surface area (Å²) < 4.78 is 2.71. The first-order chi connectivity index (χ1) is 13.7. The van der Waals surface area contributed by atoms with Crippen LogP contribution >= 0.6 is 15.9 Å². The minimum atomic E-state index is -0.0534. The van der Waals surface area contributed by atoms with Crippen LogP contribution in [0.5, 0.6) is 0 Å². The Hall–Kier alpha value is -2.98. The average molecular weight is 431 g/mol. The van der Waals surface area contributed by atoms with Crippen LogP contribution in [-0.4, -0.2) is 9.78 Å². The van der Waals surface area contributed by atoms with Crippen molar-refractivity contribution in [2.75, 3.05) is 0 Å². The van der Waals surface area contributed by atoms with Crippen LogP contribution in [0.15, 0.2) is 82.1 Å². The predicted octanol–water partition coefficient (Wildman–Crippen LogP) is 5.88. The number of nitrogens with zero attached hydrogens (tertiary/aromatic N) is 2. The number of halogens is 1. The van der Waals surface area contributed by atoms with E-state index in [4.69, 9.17) is 5.10 Å². The van der Waals surface area contributed by atoms with Crippen molar-refractivity contribution in [2.45, 2.75) is 13.3 Å². The number of aromatic nitrogens is 2. The fourth-order valence-electron chi connectivity index (χ4n) is 3.15. The molecule has 4 rings (SSSR count). The summed E-state index contributed by atoms with van der Waals surface area (Å²) in [5, 5.41) is 5.57. The molecular formula is C24H19BrN2O. The number of fused-ring (bicyclic) bond motifs is 1. The summed E-state index contributed by atoms with van der Waals surface area (Å²) in [6, 6.07) is 23.4. The second-order valence-electron chi connectivity index (χ2n) is 6.55. The third-order valence-electron chi connectivity index (χ3n) is 4.70. The third kappa shape index (κ3) is 3.69. The number of hydrogen-bond acceptors (Lipinski definition) is 2. The Morgan fingerprint density at radius 1 is 0.929 bits per heavy atom. The molecule has 0 fully saturated rings. The Labute approximate surface area is 172 Å². The van der Waals surface area contributed by atoms with Gasteiger partial charge in [0.2, 0.25) is 5.43 Å². The van der Waals surface area contributed by atoms with Crippen LogP contribution in [0.1, 0.15) is 23.7 Å². The quantitative estimate of drug-likeness (QED) is 0.405. The monoisotopic (exact) mass is 430 g/mol. The van der Waals surface area contributed by atoms with Gasteiger partial charge in [-0.3, -0.25) is 4.79 Å².